The zero-order valence-corrected chi connectivity index (χ0v) is 11.4. The lowest BCUT2D eigenvalue weighted by Crippen LogP contribution is -2.34. The maximum absolute atomic E-state index is 12.3. The van der Waals surface area contributed by atoms with E-state index in [0.717, 1.165) is 39.0 Å². The number of nitrogens with one attached hydrogen (secondary N) is 2. The van der Waals surface area contributed by atoms with Gasteiger partial charge in [0.2, 0.25) is 0 Å². The minimum atomic E-state index is 0.176. The fourth-order valence-electron chi connectivity index (χ4n) is 3.28. The van der Waals surface area contributed by atoms with Crippen molar-refractivity contribution >= 4 is 0 Å². The molecule has 0 radical (unpaired) electrons. The van der Waals surface area contributed by atoms with Crippen molar-refractivity contribution in [3.63, 3.8) is 0 Å². The molecule has 4 heteroatoms. The predicted molar refractivity (Wildman–Crippen MR) is 76.7 cm³/mol. The van der Waals surface area contributed by atoms with Crippen molar-refractivity contribution in [1.29, 1.82) is 0 Å². The van der Waals surface area contributed by atoms with E-state index in [-0.39, 0.29) is 5.56 Å². The highest BCUT2D eigenvalue weighted by Crippen LogP contribution is 2.23. The van der Waals surface area contributed by atoms with Crippen LogP contribution in [0.2, 0.25) is 0 Å². The van der Waals surface area contributed by atoms with Gasteiger partial charge in [-0.1, -0.05) is 0 Å². The molecular formula is C15H23N3O. The van der Waals surface area contributed by atoms with Crippen molar-refractivity contribution in [3.8, 4) is 0 Å². The standard InChI is InChI=1S/C15H23N3O/c19-15-10-12(13-2-1-6-17-11-13)5-9-18(15)14-3-7-16-8-4-14/h5,9-10,13-14,16-17H,1-4,6-8,11H2. The van der Waals surface area contributed by atoms with E-state index in [0.29, 0.717) is 12.0 Å². The number of nitrogens with zero attached hydrogens (tertiary/aromatic N) is 1. The van der Waals surface area contributed by atoms with Crippen LogP contribution in [0.25, 0.3) is 0 Å². The van der Waals surface area contributed by atoms with Crippen LogP contribution in [-0.2, 0) is 0 Å². The summed E-state index contributed by atoms with van der Waals surface area (Å²) in [5.74, 6) is 0.518. The molecule has 1 unspecified atom stereocenters. The van der Waals surface area contributed by atoms with Crippen LogP contribution in [0.1, 0.15) is 43.2 Å². The highest BCUT2D eigenvalue weighted by atomic mass is 16.1. The molecule has 2 fully saturated rings. The van der Waals surface area contributed by atoms with E-state index in [4.69, 9.17) is 0 Å². The van der Waals surface area contributed by atoms with E-state index in [1.807, 2.05) is 16.8 Å². The SMILES string of the molecule is O=c1cc(C2CCCNC2)ccn1C1CCNCC1. The first-order valence-corrected chi connectivity index (χ1v) is 7.48. The maximum atomic E-state index is 12.3. The first kappa shape index (κ1) is 12.9. The van der Waals surface area contributed by atoms with Crippen molar-refractivity contribution in [2.24, 2.45) is 0 Å². The van der Waals surface area contributed by atoms with Gasteiger partial charge in [0.1, 0.15) is 0 Å². The molecule has 2 aliphatic rings. The Morgan fingerprint density at radius 3 is 2.63 bits per heavy atom. The second kappa shape index (κ2) is 5.88. The molecule has 0 bridgehead atoms. The molecule has 0 aromatic carbocycles. The van der Waals surface area contributed by atoms with Gasteiger partial charge in [0, 0.05) is 24.8 Å². The third-order valence-corrected chi connectivity index (χ3v) is 4.44. The highest BCUT2D eigenvalue weighted by Gasteiger charge is 2.19. The fourth-order valence-corrected chi connectivity index (χ4v) is 3.28. The average Bonchev–Trinajstić information content (AvgIpc) is 2.49. The Kier molecular flexibility index (Phi) is 3.99. The van der Waals surface area contributed by atoms with Gasteiger partial charge in [-0.25, -0.2) is 0 Å². The van der Waals surface area contributed by atoms with Crippen molar-refractivity contribution in [2.75, 3.05) is 26.2 Å². The molecule has 0 amide bonds. The zero-order valence-electron chi connectivity index (χ0n) is 11.4. The van der Waals surface area contributed by atoms with Gasteiger partial charge in [0.25, 0.3) is 5.56 Å². The van der Waals surface area contributed by atoms with Crippen molar-refractivity contribution in [1.82, 2.24) is 15.2 Å². The number of hydrogen-bond donors (Lipinski definition) is 2. The molecule has 2 aliphatic heterocycles. The van der Waals surface area contributed by atoms with Crippen LogP contribution in [0.5, 0.6) is 0 Å². The molecule has 2 N–H and O–H groups in total. The lowest BCUT2D eigenvalue weighted by atomic mass is 9.92. The van der Waals surface area contributed by atoms with Gasteiger partial charge in [0.15, 0.2) is 0 Å². The number of piperidine rings is 2. The minimum Gasteiger partial charge on any atom is -0.317 e. The summed E-state index contributed by atoms with van der Waals surface area (Å²) in [5.41, 5.74) is 1.39. The molecule has 1 atom stereocenters. The first-order valence-electron chi connectivity index (χ1n) is 7.48. The van der Waals surface area contributed by atoms with Crippen molar-refractivity contribution in [2.45, 2.75) is 37.6 Å². The van der Waals surface area contributed by atoms with E-state index < -0.39 is 0 Å². The zero-order chi connectivity index (χ0) is 13.1. The summed E-state index contributed by atoms with van der Waals surface area (Å²) in [6, 6.07) is 4.40. The van der Waals surface area contributed by atoms with Crippen LogP contribution in [0.4, 0.5) is 0 Å². The normalized spacial score (nSPS) is 25.4. The van der Waals surface area contributed by atoms with Gasteiger partial charge in [-0.3, -0.25) is 4.79 Å². The van der Waals surface area contributed by atoms with Gasteiger partial charge in [-0.05, 0) is 62.9 Å². The van der Waals surface area contributed by atoms with Crippen LogP contribution < -0.4 is 16.2 Å². The average molecular weight is 261 g/mol. The van der Waals surface area contributed by atoms with Gasteiger partial charge in [-0.15, -0.1) is 0 Å². The lowest BCUT2D eigenvalue weighted by molar-refractivity contribution is 0.360. The van der Waals surface area contributed by atoms with Crippen LogP contribution in [0, 0.1) is 0 Å². The van der Waals surface area contributed by atoms with Crippen LogP contribution >= 0.6 is 0 Å². The van der Waals surface area contributed by atoms with E-state index >= 15 is 0 Å². The molecule has 2 saturated heterocycles. The van der Waals surface area contributed by atoms with E-state index in [1.54, 1.807) is 0 Å². The topological polar surface area (TPSA) is 46.1 Å². The summed E-state index contributed by atoms with van der Waals surface area (Å²) in [7, 11) is 0. The maximum Gasteiger partial charge on any atom is 0.251 e. The van der Waals surface area contributed by atoms with Gasteiger partial charge >= 0.3 is 0 Å². The van der Waals surface area contributed by atoms with E-state index in [1.165, 1.54) is 18.4 Å². The van der Waals surface area contributed by atoms with Gasteiger partial charge < -0.3 is 15.2 Å². The van der Waals surface area contributed by atoms with E-state index in [9.17, 15) is 4.79 Å². The van der Waals surface area contributed by atoms with Gasteiger partial charge in [0.05, 0.1) is 0 Å². The number of pyridine rings is 1. The van der Waals surface area contributed by atoms with Crippen LogP contribution in [-0.4, -0.2) is 30.7 Å². The summed E-state index contributed by atoms with van der Waals surface area (Å²) in [4.78, 5) is 12.3. The molecule has 0 spiro atoms. The summed E-state index contributed by atoms with van der Waals surface area (Å²) in [5, 5.41) is 6.76. The molecule has 3 rings (SSSR count). The Hall–Kier alpha value is -1.13. The second-order valence-electron chi connectivity index (χ2n) is 5.73. The monoisotopic (exact) mass is 261 g/mol. The number of rotatable bonds is 2. The smallest absolute Gasteiger partial charge is 0.251 e. The van der Waals surface area contributed by atoms with Gasteiger partial charge in [-0.2, -0.15) is 0 Å². The number of aromatic nitrogens is 1. The second-order valence-corrected chi connectivity index (χ2v) is 5.73. The summed E-state index contributed by atoms with van der Waals surface area (Å²) >= 11 is 0. The van der Waals surface area contributed by atoms with Crippen molar-refractivity contribution in [3.05, 3.63) is 34.2 Å². The molecule has 1 aromatic heterocycles. The third-order valence-electron chi connectivity index (χ3n) is 4.44. The Morgan fingerprint density at radius 2 is 1.95 bits per heavy atom. The van der Waals surface area contributed by atoms with E-state index in [2.05, 4.69) is 16.7 Å². The Bertz CT molecular complexity index is 471. The molecule has 0 aliphatic carbocycles. The quantitative estimate of drug-likeness (QED) is 0.842. The molecule has 4 nitrogen and oxygen atoms in total. The Labute approximate surface area is 114 Å². The lowest BCUT2D eigenvalue weighted by Gasteiger charge is -2.26. The molecule has 19 heavy (non-hydrogen) atoms. The minimum absolute atomic E-state index is 0.176. The predicted octanol–water partition coefficient (Wildman–Crippen LogP) is 1.24. The first-order chi connectivity index (χ1) is 9.34. The molecule has 0 saturated carbocycles. The molecule has 3 heterocycles. The van der Waals surface area contributed by atoms with Crippen LogP contribution in [0.15, 0.2) is 23.1 Å². The van der Waals surface area contributed by atoms with Crippen molar-refractivity contribution < 1.29 is 0 Å². The highest BCUT2D eigenvalue weighted by molar-refractivity contribution is 5.18. The third kappa shape index (κ3) is 2.90. The Balaban J connectivity index is 1.78. The summed E-state index contributed by atoms with van der Waals surface area (Å²) in [6.07, 6.45) is 6.54. The summed E-state index contributed by atoms with van der Waals surface area (Å²) in [6.45, 7) is 4.16. The molecular weight excluding hydrogens is 238 g/mol. The molecule has 1 aromatic rings. The molecule has 104 valence electrons. The largest absolute Gasteiger partial charge is 0.317 e. The number of hydrogen-bond acceptors (Lipinski definition) is 3. The summed E-state index contributed by atoms with van der Waals surface area (Å²) < 4.78 is 1.93. The fraction of sp³-hybridized carbons (Fsp3) is 0.667. The van der Waals surface area contributed by atoms with Crippen LogP contribution in [0.3, 0.4) is 0 Å². The Morgan fingerprint density at radius 1 is 1.11 bits per heavy atom.